The molecule has 2 aromatic carbocycles. The normalized spacial score (nSPS) is 13.3. The number of hydrogen-bond donors (Lipinski definition) is 1. The smallest absolute Gasteiger partial charge is 0.272 e. The molecular weight excluding hydrogens is 391 g/mol. The molecule has 0 spiro atoms. The van der Waals surface area contributed by atoms with Gasteiger partial charge in [0.15, 0.2) is 0 Å². The molecule has 1 aliphatic rings. The average molecular weight is 414 g/mol. The number of benzene rings is 2. The Hall–Kier alpha value is -3.67. The number of pyridine rings is 1. The molecule has 4 aromatic rings. The minimum atomic E-state index is -0.287. The summed E-state index contributed by atoms with van der Waals surface area (Å²) in [5.74, 6) is 0.424. The first-order valence-corrected chi connectivity index (χ1v) is 10.4. The molecule has 0 aliphatic carbocycles. The minimum Gasteiger partial charge on any atom is -0.356 e. The molecule has 1 amide bonds. The molecule has 0 saturated carbocycles. The lowest BCUT2D eigenvalue weighted by molar-refractivity contribution is 0.101. The van der Waals surface area contributed by atoms with Gasteiger partial charge in [0.25, 0.3) is 5.91 Å². The highest BCUT2D eigenvalue weighted by Gasteiger charge is 2.18. The first-order valence-electron chi connectivity index (χ1n) is 10.4. The zero-order valence-corrected chi connectivity index (χ0v) is 17.3. The van der Waals surface area contributed by atoms with Crippen LogP contribution in [0, 0.1) is 12.7 Å². The van der Waals surface area contributed by atoms with Gasteiger partial charge in [-0.25, -0.2) is 9.37 Å². The number of nitrogens with one attached hydrogen (secondary N) is 1. The summed E-state index contributed by atoms with van der Waals surface area (Å²) in [5.41, 5.74) is 4.02. The zero-order valence-electron chi connectivity index (χ0n) is 17.3. The van der Waals surface area contributed by atoms with Crippen LogP contribution in [0.25, 0.3) is 10.9 Å². The van der Waals surface area contributed by atoms with Gasteiger partial charge in [0.1, 0.15) is 17.3 Å². The number of carbonyl (C=O) groups is 1. The Morgan fingerprint density at radius 3 is 2.68 bits per heavy atom. The molecule has 5 rings (SSSR count). The van der Waals surface area contributed by atoms with E-state index >= 15 is 0 Å². The monoisotopic (exact) mass is 414 g/mol. The van der Waals surface area contributed by atoms with Crippen molar-refractivity contribution in [3.05, 3.63) is 89.5 Å². The Labute approximate surface area is 180 Å². The largest absolute Gasteiger partial charge is 0.356 e. The molecule has 1 aliphatic heterocycles. The second-order valence-corrected chi connectivity index (χ2v) is 8.01. The number of carbonyl (C=O) groups excluding carboxylic acids is 1. The number of nitrogens with zero attached hydrogens (tertiary/aromatic N) is 3. The number of rotatable bonds is 5. The first kappa shape index (κ1) is 19.3. The van der Waals surface area contributed by atoms with Crippen molar-refractivity contribution in [1.82, 2.24) is 9.55 Å². The van der Waals surface area contributed by atoms with Gasteiger partial charge in [-0.15, -0.1) is 0 Å². The Morgan fingerprint density at radius 2 is 1.97 bits per heavy atom. The number of aromatic nitrogens is 2. The Morgan fingerprint density at radius 1 is 1.10 bits per heavy atom. The summed E-state index contributed by atoms with van der Waals surface area (Å²) in [6, 6.07) is 18.2. The van der Waals surface area contributed by atoms with Gasteiger partial charge in [-0.2, -0.15) is 0 Å². The van der Waals surface area contributed by atoms with E-state index in [0.29, 0.717) is 17.9 Å². The lowest BCUT2D eigenvalue weighted by Crippen LogP contribution is -2.37. The number of halogens is 1. The standard InChI is InChI=1S/C25H23FN4O/c1-17-6-7-19-14-23(30(22(19)12-17)16-18-4-2-5-20(26)13-18)25(31)28-21-8-9-24(27-15-21)29-10-3-11-29/h2,4-9,12-15H,3,10-11,16H2,1H3,(H,28,31). The van der Waals surface area contributed by atoms with E-state index in [1.807, 2.05) is 47.9 Å². The molecular formula is C25H23FN4O. The van der Waals surface area contributed by atoms with E-state index in [1.165, 1.54) is 18.6 Å². The maximum Gasteiger partial charge on any atom is 0.272 e. The molecule has 0 bridgehead atoms. The van der Waals surface area contributed by atoms with Crippen molar-refractivity contribution in [2.24, 2.45) is 0 Å². The maximum atomic E-state index is 13.7. The summed E-state index contributed by atoms with van der Waals surface area (Å²) < 4.78 is 15.7. The minimum absolute atomic E-state index is 0.219. The van der Waals surface area contributed by atoms with Crippen LogP contribution in [-0.4, -0.2) is 28.5 Å². The van der Waals surface area contributed by atoms with Crippen LogP contribution in [-0.2, 0) is 6.54 Å². The lowest BCUT2D eigenvalue weighted by atomic mass is 10.2. The number of anilines is 2. The molecule has 1 saturated heterocycles. The van der Waals surface area contributed by atoms with Gasteiger partial charge in [-0.1, -0.05) is 24.3 Å². The van der Waals surface area contributed by atoms with Gasteiger partial charge in [0.05, 0.1) is 11.9 Å². The summed E-state index contributed by atoms with van der Waals surface area (Å²) >= 11 is 0. The van der Waals surface area contributed by atoms with Gasteiger partial charge in [0.2, 0.25) is 0 Å². The zero-order chi connectivity index (χ0) is 21.4. The van der Waals surface area contributed by atoms with E-state index in [-0.39, 0.29) is 11.7 Å². The Kier molecular flexibility index (Phi) is 4.90. The third-order valence-corrected chi connectivity index (χ3v) is 5.71. The van der Waals surface area contributed by atoms with Crippen molar-refractivity contribution in [3.8, 4) is 0 Å². The van der Waals surface area contributed by atoms with Crippen molar-refractivity contribution in [1.29, 1.82) is 0 Å². The predicted molar refractivity (Wildman–Crippen MR) is 121 cm³/mol. The van der Waals surface area contributed by atoms with Crippen LogP contribution in [0.5, 0.6) is 0 Å². The third kappa shape index (κ3) is 3.89. The third-order valence-electron chi connectivity index (χ3n) is 5.71. The molecule has 1 N–H and O–H groups in total. The summed E-state index contributed by atoms with van der Waals surface area (Å²) in [6.07, 6.45) is 2.88. The van der Waals surface area contributed by atoms with Crippen molar-refractivity contribution >= 4 is 28.3 Å². The Bertz CT molecular complexity index is 1260. The van der Waals surface area contributed by atoms with Gasteiger partial charge < -0.3 is 14.8 Å². The summed E-state index contributed by atoms with van der Waals surface area (Å²) in [7, 11) is 0. The molecule has 156 valence electrons. The van der Waals surface area contributed by atoms with E-state index in [2.05, 4.69) is 21.3 Å². The van der Waals surface area contributed by atoms with E-state index in [1.54, 1.807) is 12.3 Å². The lowest BCUT2D eigenvalue weighted by Gasteiger charge is -2.31. The molecule has 31 heavy (non-hydrogen) atoms. The number of fused-ring (bicyclic) bond motifs is 1. The fraction of sp³-hybridized carbons (Fsp3) is 0.200. The molecule has 0 radical (unpaired) electrons. The SMILES string of the molecule is Cc1ccc2cc(C(=O)Nc3ccc(N4CCC4)nc3)n(Cc3cccc(F)c3)c2c1. The Balaban J connectivity index is 1.47. The van der Waals surface area contributed by atoms with E-state index in [4.69, 9.17) is 0 Å². The number of aryl methyl sites for hydroxylation is 1. The molecule has 6 heteroatoms. The van der Waals surface area contributed by atoms with Crippen LogP contribution in [0.15, 0.2) is 66.9 Å². The average Bonchev–Trinajstić information content (AvgIpc) is 3.06. The maximum absolute atomic E-state index is 13.7. The fourth-order valence-electron chi connectivity index (χ4n) is 3.93. The summed E-state index contributed by atoms with van der Waals surface area (Å²) in [4.78, 5) is 19.9. The van der Waals surface area contributed by atoms with Crippen LogP contribution in [0.1, 0.15) is 28.0 Å². The van der Waals surface area contributed by atoms with Crippen LogP contribution in [0.4, 0.5) is 15.9 Å². The van der Waals surface area contributed by atoms with E-state index in [9.17, 15) is 9.18 Å². The molecule has 0 atom stereocenters. The summed E-state index contributed by atoms with van der Waals surface area (Å²) in [5, 5.41) is 3.93. The summed E-state index contributed by atoms with van der Waals surface area (Å²) in [6.45, 7) is 4.47. The molecule has 0 unspecified atom stereocenters. The predicted octanol–water partition coefficient (Wildman–Crippen LogP) is 4.99. The van der Waals surface area contributed by atoms with Crippen LogP contribution in [0.2, 0.25) is 0 Å². The highest BCUT2D eigenvalue weighted by Crippen LogP contribution is 2.25. The molecule has 5 nitrogen and oxygen atoms in total. The van der Waals surface area contributed by atoms with Crippen molar-refractivity contribution in [3.63, 3.8) is 0 Å². The topological polar surface area (TPSA) is 50.2 Å². The van der Waals surface area contributed by atoms with Crippen molar-refractivity contribution in [2.75, 3.05) is 23.3 Å². The van der Waals surface area contributed by atoms with Crippen LogP contribution in [0.3, 0.4) is 0 Å². The molecule has 3 heterocycles. The second kappa shape index (κ2) is 7.87. The highest BCUT2D eigenvalue weighted by molar-refractivity contribution is 6.06. The van der Waals surface area contributed by atoms with Crippen molar-refractivity contribution < 1.29 is 9.18 Å². The van der Waals surface area contributed by atoms with E-state index < -0.39 is 0 Å². The molecule has 1 fully saturated rings. The highest BCUT2D eigenvalue weighted by atomic mass is 19.1. The fourth-order valence-corrected chi connectivity index (χ4v) is 3.93. The van der Waals surface area contributed by atoms with Gasteiger partial charge in [-0.05, 0) is 60.9 Å². The van der Waals surface area contributed by atoms with Crippen molar-refractivity contribution in [2.45, 2.75) is 19.9 Å². The van der Waals surface area contributed by atoms with E-state index in [0.717, 1.165) is 40.9 Å². The van der Waals surface area contributed by atoms with Crippen LogP contribution < -0.4 is 10.2 Å². The van der Waals surface area contributed by atoms with Gasteiger partial charge >= 0.3 is 0 Å². The number of hydrogen-bond acceptors (Lipinski definition) is 3. The molecule has 2 aromatic heterocycles. The quantitative estimate of drug-likeness (QED) is 0.500. The van der Waals surface area contributed by atoms with Gasteiger partial charge in [0, 0.05) is 30.5 Å². The first-order chi connectivity index (χ1) is 15.1. The van der Waals surface area contributed by atoms with Gasteiger partial charge in [-0.3, -0.25) is 4.79 Å². The second-order valence-electron chi connectivity index (χ2n) is 8.01. The number of amides is 1. The van der Waals surface area contributed by atoms with Crippen LogP contribution >= 0.6 is 0 Å².